The molecule has 0 aliphatic carbocycles. The van der Waals surface area contributed by atoms with Crippen molar-refractivity contribution in [2.45, 2.75) is 66.2 Å². The fourth-order valence-corrected chi connectivity index (χ4v) is 8.19. The van der Waals surface area contributed by atoms with E-state index in [1.54, 1.807) is 0 Å². The molecule has 0 bridgehead atoms. The Morgan fingerprint density at radius 1 is 0.574 bits per heavy atom. The molecule has 6 heteroatoms. The third-order valence-electron chi connectivity index (χ3n) is 11.7. The zero-order valence-electron chi connectivity index (χ0n) is 36.1. The molecule has 0 amide bonds. The fourth-order valence-electron chi connectivity index (χ4n) is 8.19. The Labute approximate surface area is 375 Å². The van der Waals surface area contributed by atoms with Crippen molar-refractivity contribution < 1.29 is 25.8 Å². The van der Waals surface area contributed by atoms with Crippen molar-refractivity contribution in [1.82, 2.24) is 9.55 Å². The molecule has 310 valence electrons. The van der Waals surface area contributed by atoms with Gasteiger partial charge in [0.1, 0.15) is 5.82 Å². The summed E-state index contributed by atoms with van der Waals surface area (Å²) in [4.78, 5) is 9.36. The van der Waals surface area contributed by atoms with Crippen LogP contribution in [0.1, 0.15) is 72.1 Å². The van der Waals surface area contributed by atoms with Gasteiger partial charge in [0.05, 0.1) is 0 Å². The van der Waals surface area contributed by atoms with E-state index < -0.39 is 0 Å². The summed E-state index contributed by atoms with van der Waals surface area (Å²) in [5.74, 6) is 2.05. The van der Waals surface area contributed by atoms with Crippen LogP contribution in [0.15, 0.2) is 164 Å². The molecule has 0 N–H and O–H groups in total. The van der Waals surface area contributed by atoms with Gasteiger partial charge in [-0.3, -0.25) is 0 Å². The van der Waals surface area contributed by atoms with E-state index in [-0.39, 0.29) is 37.3 Å². The fraction of sp³-hybridized carbons (Fsp3) is 0.200. The number of aromatic nitrogens is 2. The summed E-state index contributed by atoms with van der Waals surface area (Å²) in [6, 6.07) is 58.6. The van der Waals surface area contributed by atoms with Gasteiger partial charge in [-0.25, -0.2) is 4.98 Å². The normalized spacial score (nSPS) is 13.4. The zero-order chi connectivity index (χ0) is 41.8. The van der Waals surface area contributed by atoms with E-state index in [1.165, 1.54) is 16.7 Å². The second kappa shape index (κ2) is 16.2. The van der Waals surface area contributed by atoms with Gasteiger partial charge in [0.15, 0.2) is 0 Å². The number of hydrogen-bond donors (Lipinski definition) is 0. The maximum Gasteiger partial charge on any atom is 0.135 e. The Kier molecular flexibility index (Phi) is 11.1. The minimum Gasteiger partial charge on any atom is -0.509 e. The number of allylic oxidation sites excluding steroid dienone is 1. The van der Waals surface area contributed by atoms with Crippen molar-refractivity contribution in [3.8, 4) is 28.4 Å². The largest absolute Gasteiger partial charge is 0.509 e. The molecule has 0 saturated carbocycles. The number of anilines is 2. The molecule has 6 aromatic carbocycles. The number of pyridine rings is 1. The molecule has 5 nitrogen and oxygen atoms in total. The summed E-state index contributed by atoms with van der Waals surface area (Å²) >= 11 is 0. The molecule has 1 aliphatic rings. The van der Waals surface area contributed by atoms with Crippen LogP contribution in [0.2, 0.25) is 0 Å². The first-order chi connectivity index (χ1) is 28.7. The molecule has 9 rings (SSSR count). The van der Waals surface area contributed by atoms with Gasteiger partial charge in [0, 0.05) is 66.5 Å². The van der Waals surface area contributed by atoms with E-state index in [1.807, 2.05) is 18.3 Å². The zero-order valence-corrected chi connectivity index (χ0v) is 38.4. The first-order valence-corrected chi connectivity index (χ1v) is 20.8. The second-order valence-electron chi connectivity index (χ2n) is 18.4. The van der Waals surface area contributed by atoms with E-state index in [0.29, 0.717) is 11.5 Å². The van der Waals surface area contributed by atoms with Gasteiger partial charge < -0.3 is 19.1 Å². The Hall–Kier alpha value is -5.90. The maximum atomic E-state index is 6.82. The molecule has 1 aliphatic heterocycles. The van der Waals surface area contributed by atoms with Crippen LogP contribution in [-0.2, 0) is 31.9 Å². The summed E-state index contributed by atoms with van der Waals surface area (Å²) in [6.45, 7) is 20.2. The van der Waals surface area contributed by atoms with E-state index in [4.69, 9.17) is 9.72 Å². The molecular weight excluding hydrogens is 928 g/mol. The van der Waals surface area contributed by atoms with Gasteiger partial charge in [-0.15, -0.1) is 53.6 Å². The van der Waals surface area contributed by atoms with Crippen molar-refractivity contribution in [3.63, 3.8) is 0 Å². The Bertz CT molecular complexity index is 2880. The van der Waals surface area contributed by atoms with Crippen molar-refractivity contribution in [2.24, 2.45) is 5.41 Å². The van der Waals surface area contributed by atoms with Gasteiger partial charge in [-0.2, -0.15) is 6.07 Å². The van der Waals surface area contributed by atoms with Crippen molar-refractivity contribution in [3.05, 3.63) is 199 Å². The molecule has 61 heavy (non-hydrogen) atoms. The van der Waals surface area contributed by atoms with Gasteiger partial charge in [-0.05, 0) is 69.6 Å². The molecular formula is C55H51N4OPt-3. The first kappa shape index (κ1) is 41.8. The molecule has 0 fully saturated rings. The van der Waals surface area contributed by atoms with Crippen molar-refractivity contribution in [2.75, 3.05) is 9.80 Å². The topological polar surface area (TPSA) is 33.5 Å². The summed E-state index contributed by atoms with van der Waals surface area (Å²) in [5, 5.41) is 2.23. The Morgan fingerprint density at radius 2 is 1.28 bits per heavy atom. The van der Waals surface area contributed by atoms with Gasteiger partial charge in [0.2, 0.25) is 0 Å². The van der Waals surface area contributed by atoms with Crippen LogP contribution in [0, 0.1) is 24.2 Å². The number of para-hydroxylation sites is 1. The summed E-state index contributed by atoms with van der Waals surface area (Å²) in [5.41, 5.74) is 10.6. The number of hydrogen-bond acceptors (Lipinski definition) is 4. The number of ether oxygens (including phenoxy) is 1. The minimum absolute atomic E-state index is 0. The van der Waals surface area contributed by atoms with Crippen LogP contribution < -0.4 is 14.5 Å². The minimum atomic E-state index is -0.186. The molecule has 3 heterocycles. The molecule has 2 aromatic heterocycles. The van der Waals surface area contributed by atoms with Crippen LogP contribution >= 0.6 is 0 Å². The van der Waals surface area contributed by atoms with Gasteiger partial charge in [-0.1, -0.05) is 152 Å². The number of rotatable bonds is 8. The number of nitrogens with zero attached hydrogens (tertiary/aromatic N) is 4. The number of benzene rings is 6. The predicted molar refractivity (Wildman–Crippen MR) is 249 cm³/mol. The number of fused-ring (bicyclic) bond motifs is 3. The molecule has 0 radical (unpaired) electrons. The summed E-state index contributed by atoms with van der Waals surface area (Å²) in [6.07, 6.45) is 4.16. The monoisotopic (exact) mass is 978 g/mol. The average Bonchev–Trinajstić information content (AvgIpc) is 3.85. The van der Waals surface area contributed by atoms with Crippen molar-refractivity contribution >= 4 is 33.2 Å². The van der Waals surface area contributed by atoms with E-state index in [9.17, 15) is 0 Å². The van der Waals surface area contributed by atoms with E-state index in [2.05, 4.69) is 228 Å². The Morgan fingerprint density at radius 3 is 2.02 bits per heavy atom. The molecule has 0 spiro atoms. The summed E-state index contributed by atoms with van der Waals surface area (Å²) < 4.78 is 9.02. The molecule has 0 atom stereocenters. The Balaban J connectivity index is 0.00000514. The van der Waals surface area contributed by atoms with E-state index in [0.717, 1.165) is 55.8 Å². The third kappa shape index (κ3) is 8.17. The third-order valence-corrected chi connectivity index (χ3v) is 11.7. The van der Waals surface area contributed by atoms with Crippen LogP contribution in [0.4, 0.5) is 11.4 Å². The second-order valence-corrected chi connectivity index (χ2v) is 18.4. The van der Waals surface area contributed by atoms with Crippen LogP contribution in [-0.4, -0.2) is 9.55 Å². The van der Waals surface area contributed by atoms with Gasteiger partial charge >= 0.3 is 0 Å². The molecule has 8 aromatic rings. The van der Waals surface area contributed by atoms with Gasteiger partial charge in [0.25, 0.3) is 0 Å². The van der Waals surface area contributed by atoms with Crippen LogP contribution in [0.3, 0.4) is 0 Å². The van der Waals surface area contributed by atoms with Crippen LogP contribution in [0.5, 0.6) is 11.5 Å². The maximum absolute atomic E-state index is 6.82. The van der Waals surface area contributed by atoms with E-state index >= 15 is 0 Å². The standard InChI is InChI=1S/C55H51N4O.Pt/c1-53(2,3)41-28-29-56-52(33-41)59-49-25-16-15-24-47(49)48-27-26-45(35-50(48)59)60-46-31-39(38-18-11-9-12-19-38)30-44(34-46)58-37-57(36-51(58)54(4,5)6)43-23-17-22-42(32-43)55(7,8)40-20-13-10-14-21-40;/h9-33,36-37H,1-8H3;/q-3;. The quantitative estimate of drug-likeness (QED) is 0.142. The average molecular weight is 979 g/mol. The molecule has 0 saturated heterocycles. The predicted octanol–water partition coefficient (Wildman–Crippen LogP) is 14.2. The first-order valence-electron chi connectivity index (χ1n) is 20.8. The SMILES string of the molecule is CC(C)(C)C1=CN(c2cccc(C(C)(C)c3ccccc3)c2)[CH-]N1c1[c-]c(Oc2[c-]c3c(cc2)c2ccccc2n3-c2cc(C(C)(C)C)ccn2)cc(-c2ccccc2)c1.[Pt]. The molecule has 0 unspecified atom stereocenters. The smallest absolute Gasteiger partial charge is 0.135 e. The van der Waals surface area contributed by atoms with Crippen LogP contribution in [0.25, 0.3) is 38.8 Å². The summed E-state index contributed by atoms with van der Waals surface area (Å²) in [7, 11) is 0. The van der Waals surface area contributed by atoms with Crippen molar-refractivity contribution in [1.29, 1.82) is 0 Å².